The Balaban J connectivity index is 1.93. The Hall–Kier alpha value is -0.190. The van der Waals surface area contributed by atoms with Gasteiger partial charge in [0.05, 0.1) is 0 Å². The van der Waals surface area contributed by atoms with Gasteiger partial charge in [-0.1, -0.05) is 19.3 Å². The zero-order chi connectivity index (χ0) is 13.0. The van der Waals surface area contributed by atoms with Crippen molar-refractivity contribution >= 4 is 33.0 Å². The fourth-order valence-electron chi connectivity index (χ4n) is 2.82. The van der Waals surface area contributed by atoms with Crippen LogP contribution in [0, 0.1) is 0 Å². The van der Waals surface area contributed by atoms with E-state index in [-0.39, 0.29) is 5.54 Å². The number of carbonyl (C=O) groups excluding carboxylic acids is 1. The van der Waals surface area contributed by atoms with E-state index in [0.29, 0.717) is 18.6 Å². The molecule has 0 unspecified atom stereocenters. The van der Waals surface area contributed by atoms with Crippen molar-refractivity contribution in [3.63, 3.8) is 0 Å². The van der Waals surface area contributed by atoms with E-state index in [2.05, 4.69) is 27.3 Å². The molecule has 0 amide bonds. The molecule has 2 nitrogen and oxygen atoms in total. The summed E-state index contributed by atoms with van der Waals surface area (Å²) < 4.78 is 1.08. The number of hydrogen-bond acceptors (Lipinski definition) is 3. The van der Waals surface area contributed by atoms with Gasteiger partial charge in [-0.2, -0.15) is 0 Å². The molecule has 1 aromatic rings. The van der Waals surface area contributed by atoms with Gasteiger partial charge < -0.3 is 5.32 Å². The molecular weight excluding hydrogens is 310 g/mol. The summed E-state index contributed by atoms with van der Waals surface area (Å²) in [6, 6.07) is 2.05. The lowest BCUT2D eigenvalue weighted by atomic mass is 9.78. The number of hydrogen-bond donors (Lipinski definition) is 1. The summed E-state index contributed by atoms with van der Waals surface area (Å²) in [6.07, 6.45) is 7.36. The zero-order valence-corrected chi connectivity index (χ0v) is 13.2. The molecule has 1 aliphatic carbocycles. The third kappa shape index (κ3) is 3.65. The minimum absolute atomic E-state index is 0.0732. The van der Waals surface area contributed by atoms with Crippen molar-refractivity contribution in [2.24, 2.45) is 0 Å². The first-order chi connectivity index (χ1) is 8.63. The smallest absolute Gasteiger partial charge is 0.139 e. The molecule has 1 heterocycles. The van der Waals surface area contributed by atoms with E-state index >= 15 is 0 Å². The molecule has 100 valence electrons. The third-order valence-electron chi connectivity index (χ3n) is 3.87. The standard InChI is InChI=1S/C14H20BrNOS/c1-16-14(5-3-2-4-6-14)9-12(17)8-13-7-11(15)10-18-13/h7,10,16H,2-6,8-9H2,1H3. The molecule has 0 aliphatic heterocycles. The molecule has 0 aromatic carbocycles. The Bertz CT molecular complexity index is 410. The second-order valence-electron chi connectivity index (χ2n) is 5.21. The number of halogens is 1. The van der Waals surface area contributed by atoms with Crippen molar-refractivity contribution in [1.82, 2.24) is 5.32 Å². The predicted octanol–water partition coefficient (Wildman–Crippen LogP) is 3.93. The molecule has 0 spiro atoms. The summed E-state index contributed by atoms with van der Waals surface area (Å²) in [4.78, 5) is 13.4. The first-order valence-electron chi connectivity index (χ1n) is 6.57. The van der Waals surface area contributed by atoms with Gasteiger partial charge in [-0.3, -0.25) is 4.79 Å². The van der Waals surface area contributed by atoms with Crippen molar-refractivity contribution in [3.05, 3.63) is 20.8 Å². The quantitative estimate of drug-likeness (QED) is 0.886. The van der Waals surface area contributed by atoms with Crippen LogP contribution in [-0.2, 0) is 11.2 Å². The van der Waals surface area contributed by atoms with E-state index in [1.807, 2.05) is 12.4 Å². The van der Waals surface area contributed by atoms with Gasteiger partial charge >= 0.3 is 0 Å². The van der Waals surface area contributed by atoms with Crippen molar-refractivity contribution < 1.29 is 4.79 Å². The summed E-state index contributed by atoms with van der Waals surface area (Å²) >= 11 is 5.09. The Kier molecular flexibility index (Phi) is 4.98. The fourth-order valence-corrected chi connectivity index (χ4v) is 4.30. The monoisotopic (exact) mass is 329 g/mol. The van der Waals surface area contributed by atoms with E-state index in [1.54, 1.807) is 11.3 Å². The van der Waals surface area contributed by atoms with Crippen LogP contribution >= 0.6 is 27.3 Å². The van der Waals surface area contributed by atoms with Crippen LogP contribution in [0.15, 0.2) is 15.9 Å². The van der Waals surface area contributed by atoms with Gasteiger partial charge in [-0.25, -0.2) is 0 Å². The van der Waals surface area contributed by atoms with Gasteiger partial charge in [0.25, 0.3) is 0 Å². The minimum Gasteiger partial charge on any atom is -0.314 e. The van der Waals surface area contributed by atoms with E-state index < -0.39 is 0 Å². The molecule has 1 saturated carbocycles. The van der Waals surface area contributed by atoms with Crippen LogP contribution in [0.4, 0.5) is 0 Å². The average Bonchev–Trinajstić information content (AvgIpc) is 2.75. The van der Waals surface area contributed by atoms with E-state index in [0.717, 1.165) is 22.2 Å². The molecule has 1 N–H and O–H groups in total. The molecule has 1 aromatic heterocycles. The molecule has 4 heteroatoms. The Morgan fingerprint density at radius 3 is 2.72 bits per heavy atom. The van der Waals surface area contributed by atoms with Crippen LogP contribution in [-0.4, -0.2) is 18.4 Å². The van der Waals surface area contributed by atoms with Gasteiger partial charge in [0.2, 0.25) is 0 Å². The van der Waals surface area contributed by atoms with Crippen molar-refractivity contribution in [2.75, 3.05) is 7.05 Å². The molecule has 0 bridgehead atoms. The van der Waals surface area contributed by atoms with Gasteiger partial charge in [0, 0.05) is 33.1 Å². The lowest BCUT2D eigenvalue weighted by molar-refractivity contribution is -0.120. The first kappa shape index (κ1) is 14.2. The highest BCUT2D eigenvalue weighted by molar-refractivity contribution is 9.10. The topological polar surface area (TPSA) is 29.1 Å². The molecule has 0 radical (unpaired) electrons. The first-order valence-corrected chi connectivity index (χ1v) is 8.24. The summed E-state index contributed by atoms with van der Waals surface area (Å²) in [7, 11) is 2.00. The summed E-state index contributed by atoms with van der Waals surface area (Å²) in [6.45, 7) is 0. The second-order valence-corrected chi connectivity index (χ2v) is 7.13. The Morgan fingerprint density at radius 1 is 1.44 bits per heavy atom. The maximum absolute atomic E-state index is 12.2. The summed E-state index contributed by atoms with van der Waals surface area (Å²) in [5.41, 5.74) is 0.0732. The van der Waals surface area contributed by atoms with Gasteiger partial charge in [-0.15, -0.1) is 11.3 Å². The average molecular weight is 330 g/mol. The SMILES string of the molecule is CNC1(CC(=O)Cc2cc(Br)cs2)CCCCC1. The lowest BCUT2D eigenvalue weighted by Crippen LogP contribution is -2.46. The van der Waals surface area contributed by atoms with Crippen LogP contribution in [0.1, 0.15) is 43.4 Å². The largest absolute Gasteiger partial charge is 0.314 e. The Morgan fingerprint density at radius 2 is 2.17 bits per heavy atom. The number of ketones is 1. The normalized spacial score (nSPS) is 18.8. The highest BCUT2D eigenvalue weighted by Gasteiger charge is 2.32. The molecule has 0 saturated heterocycles. The molecule has 1 fully saturated rings. The van der Waals surface area contributed by atoms with Crippen LogP contribution in [0.25, 0.3) is 0 Å². The van der Waals surface area contributed by atoms with Crippen molar-refractivity contribution in [1.29, 1.82) is 0 Å². The van der Waals surface area contributed by atoms with Crippen LogP contribution in [0.5, 0.6) is 0 Å². The summed E-state index contributed by atoms with van der Waals surface area (Å²) in [5.74, 6) is 0.362. The molecule has 1 aliphatic rings. The highest BCUT2D eigenvalue weighted by Crippen LogP contribution is 2.31. The van der Waals surface area contributed by atoms with Gasteiger partial charge in [-0.05, 0) is 41.9 Å². The predicted molar refractivity (Wildman–Crippen MR) is 80.2 cm³/mol. The van der Waals surface area contributed by atoms with Crippen LogP contribution in [0.3, 0.4) is 0 Å². The number of thiophene rings is 1. The van der Waals surface area contributed by atoms with Crippen LogP contribution in [0.2, 0.25) is 0 Å². The van der Waals surface area contributed by atoms with E-state index in [1.165, 1.54) is 19.3 Å². The highest BCUT2D eigenvalue weighted by atomic mass is 79.9. The molecule has 2 rings (SSSR count). The van der Waals surface area contributed by atoms with Gasteiger partial charge in [0.1, 0.15) is 5.78 Å². The number of nitrogens with one attached hydrogen (secondary N) is 1. The molecular formula is C14H20BrNOS. The van der Waals surface area contributed by atoms with Gasteiger partial charge in [0.15, 0.2) is 0 Å². The van der Waals surface area contributed by atoms with E-state index in [9.17, 15) is 4.79 Å². The minimum atomic E-state index is 0.0732. The second kappa shape index (κ2) is 6.31. The fraction of sp³-hybridized carbons (Fsp3) is 0.643. The van der Waals surface area contributed by atoms with Crippen molar-refractivity contribution in [3.8, 4) is 0 Å². The maximum Gasteiger partial charge on any atom is 0.139 e. The summed E-state index contributed by atoms with van der Waals surface area (Å²) in [5, 5.41) is 5.45. The Labute approximate surface area is 121 Å². The molecule has 0 atom stereocenters. The molecule has 18 heavy (non-hydrogen) atoms. The zero-order valence-electron chi connectivity index (χ0n) is 10.8. The number of carbonyl (C=O) groups is 1. The van der Waals surface area contributed by atoms with Crippen molar-refractivity contribution in [2.45, 2.75) is 50.5 Å². The lowest BCUT2D eigenvalue weighted by Gasteiger charge is -2.36. The van der Waals surface area contributed by atoms with E-state index in [4.69, 9.17) is 0 Å². The third-order valence-corrected chi connectivity index (χ3v) is 5.57. The number of rotatable bonds is 5. The maximum atomic E-state index is 12.2. The number of Topliss-reactive ketones (excluding diaryl/α,β-unsaturated/α-hetero) is 1. The van der Waals surface area contributed by atoms with Crippen LogP contribution < -0.4 is 5.32 Å².